The van der Waals surface area contributed by atoms with Crippen LogP contribution in [0.2, 0.25) is 0 Å². The van der Waals surface area contributed by atoms with Gasteiger partial charge >= 0.3 is 0 Å². The van der Waals surface area contributed by atoms with E-state index in [4.69, 9.17) is 0 Å². The van der Waals surface area contributed by atoms with Crippen molar-refractivity contribution in [1.29, 1.82) is 0 Å². The van der Waals surface area contributed by atoms with E-state index in [0.717, 1.165) is 31.6 Å². The van der Waals surface area contributed by atoms with Crippen LogP contribution in [-0.4, -0.2) is 10.9 Å². The van der Waals surface area contributed by atoms with Gasteiger partial charge in [0.2, 0.25) is 5.91 Å². The summed E-state index contributed by atoms with van der Waals surface area (Å²) >= 11 is 3.38. The molecule has 0 saturated heterocycles. The highest BCUT2D eigenvalue weighted by molar-refractivity contribution is 8.00. The zero-order chi connectivity index (χ0) is 19.2. The molecule has 0 aliphatic heterocycles. The van der Waals surface area contributed by atoms with E-state index in [1.54, 1.807) is 35.3 Å². The topological polar surface area (TPSA) is 42.0 Å². The van der Waals surface area contributed by atoms with Crippen molar-refractivity contribution in [2.75, 3.05) is 5.32 Å². The second-order valence-corrected chi connectivity index (χ2v) is 8.42. The molecular formula is C23H18N2OS2. The number of benzene rings is 3. The Kier molecular flexibility index (Phi) is 5.85. The van der Waals surface area contributed by atoms with Gasteiger partial charge in [0.15, 0.2) is 4.34 Å². The summed E-state index contributed by atoms with van der Waals surface area (Å²) in [6.45, 7) is 0. The van der Waals surface area contributed by atoms with Gasteiger partial charge in [0.25, 0.3) is 0 Å². The Labute approximate surface area is 172 Å². The molecule has 28 heavy (non-hydrogen) atoms. The van der Waals surface area contributed by atoms with Crippen LogP contribution < -0.4 is 5.32 Å². The van der Waals surface area contributed by atoms with Gasteiger partial charge in [-0.2, -0.15) is 0 Å². The predicted molar refractivity (Wildman–Crippen MR) is 120 cm³/mol. The Hall–Kier alpha value is -2.89. The first kappa shape index (κ1) is 18.5. The summed E-state index contributed by atoms with van der Waals surface area (Å²) in [5.41, 5.74) is 4.01. The number of thioether (sulfide) groups is 1. The highest BCUT2D eigenvalue weighted by Crippen LogP contribution is 2.32. The summed E-state index contributed by atoms with van der Waals surface area (Å²) in [5, 5.41) is 2.92. The Bertz CT molecular complexity index is 1110. The standard InChI is InChI=1S/C23H18N2OS2/c26-22(14-11-17-7-3-1-4-8-17)24-19-12-13-20-21(15-19)28-23(25-20)27-16-18-9-5-2-6-10-18/h1-15H,16H2,(H,24,26)/b14-11+. The molecule has 1 N–H and O–H groups in total. The predicted octanol–water partition coefficient (Wildman–Crippen LogP) is 6.24. The summed E-state index contributed by atoms with van der Waals surface area (Å²) in [4.78, 5) is 16.9. The fourth-order valence-electron chi connectivity index (χ4n) is 2.68. The number of fused-ring (bicyclic) bond motifs is 1. The SMILES string of the molecule is O=C(/C=C/c1ccccc1)Nc1ccc2nc(SCc3ccccc3)sc2c1. The fraction of sp³-hybridized carbons (Fsp3) is 0.0435. The van der Waals surface area contributed by atoms with Gasteiger partial charge in [0.05, 0.1) is 10.2 Å². The van der Waals surface area contributed by atoms with E-state index in [1.165, 1.54) is 5.56 Å². The molecule has 3 nitrogen and oxygen atoms in total. The van der Waals surface area contributed by atoms with Gasteiger partial charge in [-0.25, -0.2) is 4.98 Å². The molecule has 1 heterocycles. The summed E-state index contributed by atoms with van der Waals surface area (Å²) in [6, 6.07) is 26.0. The normalized spacial score (nSPS) is 11.1. The quantitative estimate of drug-likeness (QED) is 0.307. The third kappa shape index (κ3) is 4.88. The maximum absolute atomic E-state index is 12.2. The molecule has 1 aromatic heterocycles. The first-order chi connectivity index (χ1) is 13.8. The van der Waals surface area contributed by atoms with Crippen LogP contribution in [0, 0.1) is 0 Å². The molecule has 138 valence electrons. The lowest BCUT2D eigenvalue weighted by Gasteiger charge is -2.01. The third-order valence-corrected chi connectivity index (χ3v) is 6.30. The average molecular weight is 403 g/mol. The largest absolute Gasteiger partial charge is 0.322 e. The van der Waals surface area contributed by atoms with Gasteiger partial charge in [0, 0.05) is 17.5 Å². The first-order valence-corrected chi connectivity index (χ1v) is 10.7. The number of carbonyl (C=O) groups is 1. The number of aromatic nitrogens is 1. The Morgan fingerprint density at radius 3 is 2.54 bits per heavy atom. The molecule has 4 rings (SSSR count). The highest BCUT2D eigenvalue weighted by Gasteiger charge is 2.07. The number of thiazole rings is 1. The number of amides is 1. The van der Waals surface area contributed by atoms with Crippen molar-refractivity contribution in [2.45, 2.75) is 10.1 Å². The molecule has 0 bridgehead atoms. The number of carbonyl (C=O) groups excluding carboxylic acids is 1. The molecule has 0 saturated carbocycles. The molecule has 0 fully saturated rings. The van der Waals surface area contributed by atoms with Gasteiger partial charge in [-0.15, -0.1) is 11.3 Å². The van der Waals surface area contributed by atoms with E-state index in [2.05, 4.69) is 34.6 Å². The summed E-state index contributed by atoms with van der Waals surface area (Å²) in [6.07, 6.45) is 3.35. The van der Waals surface area contributed by atoms with Crippen LogP contribution in [0.1, 0.15) is 11.1 Å². The van der Waals surface area contributed by atoms with Gasteiger partial charge < -0.3 is 5.32 Å². The summed E-state index contributed by atoms with van der Waals surface area (Å²) in [5.74, 6) is 0.750. The number of hydrogen-bond acceptors (Lipinski definition) is 4. The van der Waals surface area contributed by atoms with Crippen molar-refractivity contribution in [3.63, 3.8) is 0 Å². The van der Waals surface area contributed by atoms with Crippen LogP contribution in [0.4, 0.5) is 5.69 Å². The monoisotopic (exact) mass is 402 g/mol. The van der Waals surface area contributed by atoms with E-state index < -0.39 is 0 Å². The van der Waals surface area contributed by atoms with Gasteiger partial charge in [-0.1, -0.05) is 72.4 Å². The summed E-state index contributed by atoms with van der Waals surface area (Å²) < 4.78 is 2.10. The van der Waals surface area contributed by atoms with Crippen LogP contribution in [0.25, 0.3) is 16.3 Å². The van der Waals surface area contributed by atoms with Crippen molar-refractivity contribution in [2.24, 2.45) is 0 Å². The Morgan fingerprint density at radius 1 is 1.00 bits per heavy atom. The Morgan fingerprint density at radius 2 is 1.75 bits per heavy atom. The van der Waals surface area contributed by atoms with Gasteiger partial charge in [-0.3, -0.25) is 4.79 Å². The number of nitrogens with one attached hydrogen (secondary N) is 1. The number of anilines is 1. The molecule has 1 amide bonds. The first-order valence-electron chi connectivity index (χ1n) is 8.88. The van der Waals surface area contributed by atoms with E-state index in [-0.39, 0.29) is 5.91 Å². The zero-order valence-electron chi connectivity index (χ0n) is 15.0. The molecule has 0 spiro atoms. The molecule has 0 unspecified atom stereocenters. The minimum atomic E-state index is -0.147. The Balaban J connectivity index is 1.41. The smallest absolute Gasteiger partial charge is 0.248 e. The van der Waals surface area contributed by atoms with Crippen molar-refractivity contribution < 1.29 is 4.79 Å². The van der Waals surface area contributed by atoms with Gasteiger partial charge in [0.1, 0.15) is 0 Å². The molecular weight excluding hydrogens is 384 g/mol. The lowest BCUT2D eigenvalue weighted by molar-refractivity contribution is -0.111. The van der Waals surface area contributed by atoms with Gasteiger partial charge in [-0.05, 0) is 35.4 Å². The average Bonchev–Trinajstić information content (AvgIpc) is 3.14. The zero-order valence-corrected chi connectivity index (χ0v) is 16.7. The third-order valence-electron chi connectivity index (χ3n) is 4.07. The van der Waals surface area contributed by atoms with Crippen molar-refractivity contribution in [3.8, 4) is 0 Å². The summed E-state index contributed by atoms with van der Waals surface area (Å²) in [7, 11) is 0. The van der Waals surface area contributed by atoms with Crippen molar-refractivity contribution >= 4 is 51.0 Å². The number of hydrogen-bond donors (Lipinski definition) is 1. The maximum Gasteiger partial charge on any atom is 0.248 e. The number of rotatable bonds is 6. The van der Waals surface area contributed by atoms with E-state index in [1.807, 2.05) is 54.6 Å². The molecule has 0 aliphatic carbocycles. The van der Waals surface area contributed by atoms with Crippen molar-refractivity contribution in [1.82, 2.24) is 4.98 Å². The molecule has 0 atom stereocenters. The number of nitrogens with zero attached hydrogens (tertiary/aromatic N) is 1. The minimum absolute atomic E-state index is 0.147. The van der Waals surface area contributed by atoms with Crippen LogP contribution in [0.15, 0.2) is 89.3 Å². The van der Waals surface area contributed by atoms with E-state index in [0.29, 0.717) is 0 Å². The van der Waals surface area contributed by atoms with Crippen LogP contribution >= 0.6 is 23.1 Å². The highest BCUT2D eigenvalue weighted by atomic mass is 32.2. The van der Waals surface area contributed by atoms with Crippen LogP contribution in [-0.2, 0) is 10.5 Å². The van der Waals surface area contributed by atoms with Crippen LogP contribution in [0.3, 0.4) is 0 Å². The molecule has 0 aliphatic rings. The lowest BCUT2D eigenvalue weighted by atomic mass is 10.2. The second-order valence-electron chi connectivity index (χ2n) is 6.17. The fourth-order valence-corrected chi connectivity index (χ4v) is 4.75. The molecule has 4 aromatic rings. The van der Waals surface area contributed by atoms with Crippen LogP contribution in [0.5, 0.6) is 0 Å². The molecule has 5 heteroatoms. The minimum Gasteiger partial charge on any atom is -0.322 e. The molecule has 0 radical (unpaired) electrons. The lowest BCUT2D eigenvalue weighted by Crippen LogP contribution is -2.07. The van der Waals surface area contributed by atoms with E-state index >= 15 is 0 Å². The van der Waals surface area contributed by atoms with E-state index in [9.17, 15) is 4.79 Å². The van der Waals surface area contributed by atoms with Crippen molar-refractivity contribution in [3.05, 3.63) is 96.1 Å². The second kappa shape index (κ2) is 8.87. The molecule has 3 aromatic carbocycles. The maximum atomic E-state index is 12.2.